The smallest absolute Gasteiger partial charge is 0.0717 e. The second-order valence-electron chi connectivity index (χ2n) is 2.84. The van der Waals surface area contributed by atoms with Crippen LogP contribution in [0.4, 0.5) is 0 Å². The predicted octanol–water partition coefficient (Wildman–Crippen LogP) is 0.274. The largest absolute Gasteiger partial charge is 0.385 e. The molecule has 1 atom stereocenters. The zero-order valence-corrected chi connectivity index (χ0v) is 8.84. The lowest BCUT2D eigenvalue weighted by atomic mass is 10.2. The van der Waals surface area contributed by atoms with Gasteiger partial charge in [-0.15, -0.1) is 0 Å². The lowest BCUT2D eigenvalue weighted by Gasteiger charge is -2.15. The highest BCUT2D eigenvalue weighted by atomic mass is 16.5. The summed E-state index contributed by atoms with van der Waals surface area (Å²) in [6.07, 6.45) is 1.16. The van der Waals surface area contributed by atoms with Gasteiger partial charge in [0.05, 0.1) is 12.7 Å². The van der Waals surface area contributed by atoms with Gasteiger partial charge in [0.15, 0.2) is 0 Å². The molecule has 80 valence electrons. The van der Waals surface area contributed by atoms with Gasteiger partial charge in [-0.1, -0.05) is 0 Å². The van der Waals surface area contributed by atoms with Gasteiger partial charge in [-0.3, -0.25) is 0 Å². The minimum absolute atomic E-state index is 0.233. The average molecular weight is 191 g/mol. The molecule has 0 saturated carbocycles. The molecule has 0 aromatic rings. The minimum Gasteiger partial charge on any atom is -0.385 e. The molecule has 4 heteroatoms. The van der Waals surface area contributed by atoms with Crippen LogP contribution in [0, 0.1) is 0 Å². The Balaban J connectivity index is 3.25. The van der Waals surface area contributed by atoms with Crippen molar-refractivity contribution < 1.29 is 14.2 Å². The van der Waals surface area contributed by atoms with Crippen molar-refractivity contribution >= 4 is 0 Å². The summed E-state index contributed by atoms with van der Waals surface area (Å²) in [5, 5.41) is 3.24. The third-order valence-corrected chi connectivity index (χ3v) is 1.83. The van der Waals surface area contributed by atoms with E-state index in [1.165, 1.54) is 0 Å². The lowest BCUT2D eigenvalue weighted by Crippen LogP contribution is -2.31. The van der Waals surface area contributed by atoms with E-state index >= 15 is 0 Å². The molecule has 0 aliphatic heterocycles. The number of rotatable bonds is 9. The van der Waals surface area contributed by atoms with Crippen LogP contribution in [-0.4, -0.2) is 53.7 Å². The Labute approximate surface area is 80.5 Å². The predicted molar refractivity (Wildman–Crippen MR) is 52.0 cm³/mol. The van der Waals surface area contributed by atoms with Gasteiger partial charge in [-0.25, -0.2) is 0 Å². The average Bonchev–Trinajstić information content (AvgIpc) is 2.17. The third kappa shape index (κ3) is 8.18. The molecule has 0 saturated heterocycles. The van der Waals surface area contributed by atoms with Crippen molar-refractivity contribution in [1.29, 1.82) is 0 Å². The maximum absolute atomic E-state index is 5.25. The highest BCUT2D eigenvalue weighted by Crippen LogP contribution is 1.95. The summed E-state index contributed by atoms with van der Waals surface area (Å²) in [6, 6.07) is 0. The first-order valence-corrected chi connectivity index (χ1v) is 4.56. The topological polar surface area (TPSA) is 39.7 Å². The molecule has 0 bridgehead atoms. The monoisotopic (exact) mass is 191 g/mol. The van der Waals surface area contributed by atoms with Gasteiger partial charge in [0.25, 0.3) is 0 Å². The van der Waals surface area contributed by atoms with Crippen LogP contribution in [0.5, 0.6) is 0 Å². The van der Waals surface area contributed by atoms with Gasteiger partial charge in [-0.05, 0) is 6.42 Å². The van der Waals surface area contributed by atoms with Crippen molar-refractivity contribution in [3.8, 4) is 0 Å². The van der Waals surface area contributed by atoms with E-state index < -0.39 is 0 Å². The third-order valence-electron chi connectivity index (χ3n) is 1.83. The van der Waals surface area contributed by atoms with Crippen LogP contribution in [0.3, 0.4) is 0 Å². The second-order valence-corrected chi connectivity index (χ2v) is 2.84. The number of hydrogen-bond acceptors (Lipinski definition) is 4. The molecule has 0 spiro atoms. The number of methoxy groups -OCH3 is 3. The van der Waals surface area contributed by atoms with Crippen molar-refractivity contribution in [2.45, 2.75) is 12.5 Å². The number of hydrogen-bond donors (Lipinski definition) is 1. The van der Waals surface area contributed by atoms with Crippen LogP contribution < -0.4 is 5.32 Å². The summed E-state index contributed by atoms with van der Waals surface area (Å²) in [5.74, 6) is 0. The first-order valence-electron chi connectivity index (χ1n) is 4.56. The quantitative estimate of drug-likeness (QED) is 0.531. The molecule has 1 N–H and O–H groups in total. The Hall–Kier alpha value is -0.160. The van der Waals surface area contributed by atoms with Gasteiger partial charge in [0.1, 0.15) is 0 Å². The summed E-state index contributed by atoms with van der Waals surface area (Å²) < 4.78 is 15.1. The summed E-state index contributed by atoms with van der Waals surface area (Å²) in [4.78, 5) is 0. The van der Waals surface area contributed by atoms with Crippen molar-refractivity contribution in [3.63, 3.8) is 0 Å². The van der Waals surface area contributed by atoms with Gasteiger partial charge >= 0.3 is 0 Å². The molecule has 1 unspecified atom stereocenters. The lowest BCUT2D eigenvalue weighted by molar-refractivity contribution is 0.0650. The van der Waals surface area contributed by atoms with E-state index in [1.807, 2.05) is 0 Å². The molecule has 0 heterocycles. The molecular weight excluding hydrogens is 170 g/mol. The molecule has 13 heavy (non-hydrogen) atoms. The molecule has 0 aromatic heterocycles. The van der Waals surface area contributed by atoms with E-state index in [-0.39, 0.29) is 6.10 Å². The molecule has 0 rings (SSSR count). The Morgan fingerprint density at radius 1 is 1.08 bits per heavy atom. The maximum Gasteiger partial charge on any atom is 0.0717 e. The van der Waals surface area contributed by atoms with E-state index in [0.717, 1.165) is 32.7 Å². The number of ether oxygens (including phenoxy) is 3. The highest BCUT2D eigenvalue weighted by Gasteiger charge is 2.05. The van der Waals surface area contributed by atoms with E-state index in [4.69, 9.17) is 14.2 Å². The zero-order chi connectivity index (χ0) is 9.94. The summed E-state index contributed by atoms with van der Waals surface area (Å²) >= 11 is 0. The van der Waals surface area contributed by atoms with Crippen LogP contribution in [0.25, 0.3) is 0 Å². The van der Waals surface area contributed by atoms with Crippen molar-refractivity contribution in [1.82, 2.24) is 5.32 Å². The Morgan fingerprint density at radius 3 is 2.31 bits per heavy atom. The van der Waals surface area contributed by atoms with E-state index in [0.29, 0.717) is 0 Å². The fraction of sp³-hybridized carbons (Fsp3) is 1.00. The number of nitrogens with one attached hydrogen (secondary N) is 1. The summed E-state index contributed by atoms with van der Waals surface area (Å²) in [7, 11) is 5.11. The maximum atomic E-state index is 5.25. The van der Waals surface area contributed by atoms with Crippen LogP contribution in [-0.2, 0) is 14.2 Å². The molecule has 0 aliphatic rings. The van der Waals surface area contributed by atoms with Gasteiger partial charge in [0, 0.05) is 41.0 Å². The van der Waals surface area contributed by atoms with Crippen LogP contribution in [0.2, 0.25) is 0 Å². The standard InChI is InChI=1S/C9H21NO3/c1-11-6-4-9(13-3)8-10-5-7-12-2/h9-10H,4-8H2,1-3H3. The van der Waals surface area contributed by atoms with Gasteiger partial charge in [0.2, 0.25) is 0 Å². The van der Waals surface area contributed by atoms with Crippen molar-refractivity contribution in [2.75, 3.05) is 47.6 Å². The summed E-state index contributed by atoms with van der Waals surface area (Å²) in [6.45, 7) is 3.19. The second kappa shape index (κ2) is 9.92. The molecule has 0 aliphatic carbocycles. The zero-order valence-electron chi connectivity index (χ0n) is 8.84. The molecule has 0 radical (unpaired) electrons. The first kappa shape index (κ1) is 12.8. The van der Waals surface area contributed by atoms with E-state index in [9.17, 15) is 0 Å². The van der Waals surface area contributed by atoms with Crippen LogP contribution >= 0.6 is 0 Å². The molecular formula is C9H21NO3. The van der Waals surface area contributed by atoms with E-state index in [1.54, 1.807) is 21.3 Å². The Bertz CT molecular complexity index is 101. The van der Waals surface area contributed by atoms with Crippen LogP contribution in [0.15, 0.2) is 0 Å². The Kier molecular flexibility index (Phi) is 9.80. The van der Waals surface area contributed by atoms with Crippen LogP contribution in [0.1, 0.15) is 6.42 Å². The van der Waals surface area contributed by atoms with Gasteiger partial charge < -0.3 is 19.5 Å². The van der Waals surface area contributed by atoms with Gasteiger partial charge in [-0.2, -0.15) is 0 Å². The molecule has 0 fully saturated rings. The van der Waals surface area contributed by atoms with E-state index in [2.05, 4.69) is 5.32 Å². The summed E-state index contributed by atoms with van der Waals surface area (Å²) in [5.41, 5.74) is 0. The first-order chi connectivity index (χ1) is 6.35. The highest BCUT2D eigenvalue weighted by molar-refractivity contribution is 4.60. The van der Waals surface area contributed by atoms with Crippen molar-refractivity contribution in [3.05, 3.63) is 0 Å². The minimum atomic E-state index is 0.233. The fourth-order valence-electron chi connectivity index (χ4n) is 0.990. The Morgan fingerprint density at radius 2 is 1.77 bits per heavy atom. The fourth-order valence-corrected chi connectivity index (χ4v) is 0.990. The normalized spacial score (nSPS) is 13.2. The molecule has 0 aromatic carbocycles. The molecule has 4 nitrogen and oxygen atoms in total. The van der Waals surface area contributed by atoms with Crippen molar-refractivity contribution in [2.24, 2.45) is 0 Å². The SMILES string of the molecule is COCCNCC(CCOC)OC. The molecule has 0 amide bonds.